The molecule has 1 aliphatic heterocycles. The van der Waals surface area contributed by atoms with Crippen LogP contribution in [0.1, 0.15) is 12.8 Å². The maximum atomic E-state index is 8.81. The summed E-state index contributed by atoms with van der Waals surface area (Å²) in [6, 6.07) is 0.130. The molecule has 0 radical (unpaired) electrons. The van der Waals surface area contributed by atoms with Gasteiger partial charge in [0.2, 0.25) is 0 Å². The summed E-state index contributed by atoms with van der Waals surface area (Å²) in [5.74, 6) is 0. The largest absolute Gasteiger partial charge is 0.395 e. The first-order valence-electron chi connectivity index (χ1n) is 2.88. The van der Waals surface area contributed by atoms with Crippen LogP contribution in [-0.2, 0) is 0 Å². The quantitative estimate of drug-likeness (QED) is 0.415. The minimum absolute atomic E-state index is 0.130. The summed E-state index contributed by atoms with van der Waals surface area (Å²) in [6.45, 7) is 0.136. The zero-order valence-electron chi connectivity index (χ0n) is 4.67. The lowest BCUT2D eigenvalue weighted by molar-refractivity contribution is 0.144. The molecule has 3 heteroatoms. The summed E-state index contributed by atoms with van der Waals surface area (Å²) in [7, 11) is 0. The van der Waals surface area contributed by atoms with Gasteiger partial charge in [-0.25, -0.2) is 0 Å². The lowest BCUT2D eigenvalue weighted by atomic mass is 10.2. The molecule has 0 bridgehead atoms. The number of rotatable bonds is 1. The third kappa shape index (κ3) is 1.18. The van der Waals surface area contributed by atoms with E-state index in [1.165, 1.54) is 0 Å². The lowest BCUT2D eigenvalue weighted by Gasteiger charge is -2.04. The molecule has 1 unspecified atom stereocenters. The minimum atomic E-state index is -0.382. The molecule has 8 heavy (non-hydrogen) atoms. The van der Waals surface area contributed by atoms with E-state index in [4.69, 9.17) is 10.2 Å². The molecular weight excluding hydrogens is 106 g/mol. The molecule has 1 fully saturated rings. The maximum absolute atomic E-state index is 8.81. The molecule has 0 aromatic rings. The van der Waals surface area contributed by atoms with Gasteiger partial charge in [-0.15, -0.1) is 0 Å². The summed E-state index contributed by atoms with van der Waals surface area (Å²) in [5, 5.41) is 20.1. The van der Waals surface area contributed by atoms with Crippen LogP contribution in [-0.4, -0.2) is 29.1 Å². The summed E-state index contributed by atoms with van der Waals surface area (Å²) >= 11 is 0. The predicted molar refractivity (Wildman–Crippen MR) is 29.3 cm³/mol. The fourth-order valence-corrected chi connectivity index (χ4v) is 0.942. The van der Waals surface area contributed by atoms with Gasteiger partial charge in [-0.3, -0.25) is 5.32 Å². The van der Waals surface area contributed by atoms with Crippen LogP contribution in [0.15, 0.2) is 0 Å². The van der Waals surface area contributed by atoms with E-state index in [0.717, 1.165) is 12.8 Å². The molecule has 0 aromatic heterocycles. The second kappa shape index (κ2) is 2.44. The zero-order valence-corrected chi connectivity index (χ0v) is 4.67. The number of hydrogen-bond donors (Lipinski definition) is 3. The van der Waals surface area contributed by atoms with Gasteiger partial charge in [-0.1, -0.05) is 0 Å². The van der Waals surface area contributed by atoms with Crippen molar-refractivity contribution in [2.45, 2.75) is 25.1 Å². The summed E-state index contributed by atoms with van der Waals surface area (Å²) < 4.78 is 0. The van der Waals surface area contributed by atoms with Gasteiger partial charge in [-0.05, 0) is 12.8 Å². The van der Waals surface area contributed by atoms with Crippen molar-refractivity contribution in [2.75, 3.05) is 6.61 Å². The van der Waals surface area contributed by atoms with Crippen molar-refractivity contribution in [3.8, 4) is 0 Å². The third-order valence-electron chi connectivity index (χ3n) is 1.44. The smallest absolute Gasteiger partial charge is 0.105 e. The van der Waals surface area contributed by atoms with Crippen LogP contribution in [0.3, 0.4) is 0 Å². The van der Waals surface area contributed by atoms with Crippen molar-refractivity contribution in [3.63, 3.8) is 0 Å². The van der Waals surface area contributed by atoms with E-state index >= 15 is 0 Å². The highest BCUT2D eigenvalue weighted by Gasteiger charge is 2.19. The van der Waals surface area contributed by atoms with E-state index < -0.39 is 0 Å². The van der Waals surface area contributed by atoms with Crippen LogP contribution in [0.4, 0.5) is 0 Å². The van der Waals surface area contributed by atoms with Gasteiger partial charge in [0.15, 0.2) is 0 Å². The Kier molecular flexibility index (Phi) is 1.83. The first-order valence-corrected chi connectivity index (χ1v) is 2.88. The molecule has 0 aliphatic carbocycles. The molecule has 48 valence electrons. The predicted octanol–water partition coefficient (Wildman–Crippen LogP) is -0.951. The molecule has 2 atom stereocenters. The highest BCUT2D eigenvalue weighted by molar-refractivity contribution is 4.75. The summed E-state index contributed by atoms with van der Waals surface area (Å²) in [6.07, 6.45) is 1.27. The van der Waals surface area contributed by atoms with Crippen LogP contribution in [0.25, 0.3) is 0 Å². The molecule has 0 saturated carbocycles. The topological polar surface area (TPSA) is 52.5 Å². The van der Waals surface area contributed by atoms with Gasteiger partial charge >= 0.3 is 0 Å². The van der Waals surface area contributed by atoms with Gasteiger partial charge in [0, 0.05) is 6.04 Å². The number of nitrogens with one attached hydrogen (secondary N) is 1. The van der Waals surface area contributed by atoms with Crippen molar-refractivity contribution in [3.05, 3.63) is 0 Å². The molecule has 0 amide bonds. The van der Waals surface area contributed by atoms with Crippen molar-refractivity contribution >= 4 is 0 Å². The van der Waals surface area contributed by atoms with Gasteiger partial charge in [0.05, 0.1) is 6.61 Å². The van der Waals surface area contributed by atoms with E-state index in [1.54, 1.807) is 0 Å². The Morgan fingerprint density at radius 2 is 2.25 bits per heavy atom. The van der Waals surface area contributed by atoms with E-state index in [9.17, 15) is 0 Å². The van der Waals surface area contributed by atoms with E-state index in [2.05, 4.69) is 5.32 Å². The van der Waals surface area contributed by atoms with Crippen LogP contribution in [0.2, 0.25) is 0 Å². The molecule has 1 saturated heterocycles. The molecule has 1 rings (SSSR count). The fraction of sp³-hybridized carbons (Fsp3) is 1.00. The first-order chi connectivity index (χ1) is 3.83. The number of aliphatic hydroxyl groups is 2. The van der Waals surface area contributed by atoms with E-state index in [-0.39, 0.29) is 18.9 Å². The molecule has 1 aliphatic rings. The van der Waals surface area contributed by atoms with Crippen LogP contribution in [0.5, 0.6) is 0 Å². The normalized spacial score (nSPS) is 38.2. The maximum Gasteiger partial charge on any atom is 0.105 e. The van der Waals surface area contributed by atoms with Gasteiger partial charge < -0.3 is 10.2 Å². The highest BCUT2D eigenvalue weighted by Crippen LogP contribution is 2.08. The molecule has 3 nitrogen and oxygen atoms in total. The standard InChI is InChI=1S/C5H11NO2/c7-3-4-1-2-5(8)6-4/h4-8H,1-3H2/t4-,5?/m0/s1. The van der Waals surface area contributed by atoms with Gasteiger partial charge in [0.1, 0.15) is 6.23 Å². The Labute approximate surface area is 48.3 Å². The summed E-state index contributed by atoms with van der Waals surface area (Å²) in [4.78, 5) is 0. The van der Waals surface area contributed by atoms with E-state index in [1.807, 2.05) is 0 Å². The highest BCUT2D eigenvalue weighted by atomic mass is 16.3. The molecule has 1 heterocycles. The fourth-order valence-electron chi connectivity index (χ4n) is 0.942. The van der Waals surface area contributed by atoms with Gasteiger partial charge in [0.25, 0.3) is 0 Å². The van der Waals surface area contributed by atoms with Crippen LogP contribution >= 0.6 is 0 Å². The Morgan fingerprint density at radius 1 is 1.50 bits per heavy atom. The second-order valence-corrected chi connectivity index (χ2v) is 2.14. The zero-order chi connectivity index (χ0) is 5.98. The Balaban J connectivity index is 2.22. The molecular formula is C5H11NO2. The van der Waals surface area contributed by atoms with Crippen LogP contribution in [0, 0.1) is 0 Å². The van der Waals surface area contributed by atoms with Crippen molar-refractivity contribution < 1.29 is 10.2 Å². The van der Waals surface area contributed by atoms with Crippen molar-refractivity contribution in [1.82, 2.24) is 5.32 Å². The average molecular weight is 117 g/mol. The number of aliphatic hydroxyl groups excluding tert-OH is 2. The van der Waals surface area contributed by atoms with Gasteiger partial charge in [-0.2, -0.15) is 0 Å². The third-order valence-corrected chi connectivity index (χ3v) is 1.44. The summed E-state index contributed by atoms with van der Waals surface area (Å²) in [5.41, 5.74) is 0. The van der Waals surface area contributed by atoms with E-state index in [0.29, 0.717) is 0 Å². The molecule has 0 aromatic carbocycles. The van der Waals surface area contributed by atoms with Crippen LogP contribution < -0.4 is 5.32 Å². The Hall–Kier alpha value is -0.120. The average Bonchev–Trinajstić information content (AvgIpc) is 2.14. The first kappa shape index (κ1) is 6.01. The van der Waals surface area contributed by atoms with Crippen molar-refractivity contribution in [1.29, 1.82) is 0 Å². The monoisotopic (exact) mass is 117 g/mol. The Morgan fingerprint density at radius 3 is 2.50 bits per heavy atom. The SMILES string of the molecule is OC[C@@H]1CCC(O)N1. The molecule has 3 N–H and O–H groups in total. The van der Waals surface area contributed by atoms with Crippen molar-refractivity contribution in [2.24, 2.45) is 0 Å². The minimum Gasteiger partial charge on any atom is -0.395 e. The Bertz CT molecular complexity index is 76.8. The second-order valence-electron chi connectivity index (χ2n) is 2.14. The lowest BCUT2D eigenvalue weighted by Crippen LogP contribution is -2.31. The molecule has 0 spiro atoms. The number of hydrogen-bond acceptors (Lipinski definition) is 3.